The molecule has 1 aliphatic rings. The van der Waals surface area contributed by atoms with Gasteiger partial charge in [-0.15, -0.1) is 9.66 Å². The van der Waals surface area contributed by atoms with Crippen LogP contribution in [0.4, 0.5) is 11.4 Å². The van der Waals surface area contributed by atoms with Crippen LogP contribution in [0.15, 0.2) is 82.6 Å². The van der Waals surface area contributed by atoms with Crippen LogP contribution in [0.2, 0.25) is 0 Å². The molecule has 1 heterocycles. The summed E-state index contributed by atoms with van der Waals surface area (Å²) in [6.45, 7) is 4.74. The van der Waals surface area contributed by atoms with Crippen LogP contribution in [-0.4, -0.2) is 145 Å². The predicted octanol–water partition coefficient (Wildman–Crippen LogP) is 2.71. The van der Waals surface area contributed by atoms with Crippen LogP contribution in [-0.2, 0) is 24.8 Å². The van der Waals surface area contributed by atoms with Gasteiger partial charge in [0.25, 0.3) is 20.0 Å². The van der Waals surface area contributed by atoms with Crippen molar-refractivity contribution < 1.29 is 21.6 Å². The monoisotopic (exact) mass is 740 g/mol. The third kappa shape index (κ3) is 9.74. The minimum atomic E-state index is -3.93. The molecule has 2 N–H and O–H groups in total. The Kier molecular flexibility index (Phi) is 12.9. The van der Waals surface area contributed by atoms with Crippen molar-refractivity contribution in [3.63, 3.8) is 0 Å². The van der Waals surface area contributed by atoms with Gasteiger partial charge >= 0.3 is 0 Å². The Morgan fingerprint density at radius 3 is 1.25 bits per heavy atom. The molecule has 15 heteroatoms. The maximum absolute atomic E-state index is 13.9. The lowest BCUT2D eigenvalue weighted by atomic mass is 10.1. The van der Waals surface area contributed by atoms with Gasteiger partial charge in [-0.05, 0) is 38.4 Å². The van der Waals surface area contributed by atoms with Gasteiger partial charge in [0.2, 0.25) is 0 Å². The second-order valence-corrected chi connectivity index (χ2v) is 16.7. The van der Waals surface area contributed by atoms with E-state index < -0.39 is 20.0 Å². The van der Waals surface area contributed by atoms with Crippen LogP contribution in [0, 0.1) is 0 Å². The molecular weight excluding hydrogens is 689 g/mol. The quantitative estimate of drug-likeness (QED) is 0.278. The lowest BCUT2D eigenvalue weighted by Gasteiger charge is -2.27. The Morgan fingerprint density at radius 1 is 0.510 bits per heavy atom. The molecule has 13 nitrogen and oxygen atoms in total. The van der Waals surface area contributed by atoms with Gasteiger partial charge in [0.1, 0.15) is 0 Å². The Bertz CT molecular complexity index is 1870. The summed E-state index contributed by atoms with van der Waals surface area (Å²) in [5, 5.41) is 6.38. The third-order valence-corrected chi connectivity index (χ3v) is 12.0. The summed E-state index contributed by atoms with van der Waals surface area (Å²) >= 11 is 0. The smallest absolute Gasteiger partial charge is 0.254 e. The van der Waals surface area contributed by atoms with Crippen molar-refractivity contribution in [2.45, 2.75) is 9.79 Å². The van der Waals surface area contributed by atoms with E-state index in [-0.39, 0.29) is 23.0 Å². The van der Waals surface area contributed by atoms with Gasteiger partial charge < -0.3 is 24.3 Å². The summed E-state index contributed by atoms with van der Waals surface area (Å²) in [5.74, 6) is 0. The van der Waals surface area contributed by atoms with E-state index in [1.165, 1.54) is 0 Å². The van der Waals surface area contributed by atoms with E-state index in [1.807, 2.05) is 101 Å². The molecule has 1 aliphatic heterocycles. The molecule has 0 bridgehead atoms. The number of hydrogen-bond donors (Lipinski definition) is 2. The molecule has 1 saturated heterocycles. The maximum atomic E-state index is 13.9. The molecule has 0 radical (unpaired) electrons. The van der Waals surface area contributed by atoms with Gasteiger partial charge in [-0.25, -0.2) is 26.9 Å². The topological polar surface area (TPSA) is 121 Å². The zero-order valence-electron chi connectivity index (χ0n) is 30.5. The Labute approximate surface area is 303 Å². The Balaban J connectivity index is 1.31. The molecule has 0 atom stereocenters. The SMILES string of the molecule is CN1CCN(C)CCN(NS(=O)(=O)c2cccc3c(N(C)C)cccc23)CCOCCN(NS(=O)(=O)c2cccc3c(N(C)C)cccc23)CC1. The Morgan fingerprint density at radius 2 is 0.863 bits per heavy atom. The average Bonchev–Trinajstić information content (AvgIpc) is 3.10. The van der Waals surface area contributed by atoms with Gasteiger partial charge in [0.15, 0.2) is 0 Å². The van der Waals surface area contributed by atoms with Gasteiger partial charge in [-0.1, -0.05) is 48.5 Å². The first kappa shape index (κ1) is 38.8. The number of nitrogens with zero attached hydrogens (tertiary/aromatic N) is 6. The number of benzene rings is 4. The van der Waals surface area contributed by atoms with Crippen molar-refractivity contribution in [3.8, 4) is 0 Å². The first-order valence-corrected chi connectivity index (χ1v) is 20.1. The van der Waals surface area contributed by atoms with Gasteiger partial charge in [-0.2, -0.15) is 0 Å². The lowest BCUT2D eigenvalue weighted by molar-refractivity contribution is 0.0703. The fourth-order valence-electron chi connectivity index (χ4n) is 6.22. The minimum Gasteiger partial charge on any atom is -0.379 e. The highest BCUT2D eigenvalue weighted by Crippen LogP contribution is 2.31. The highest BCUT2D eigenvalue weighted by atomic mass is 32.2. The first-order valence-electron chi connectivity index (χ1n) is 17.1. The molecule has 4 aromatic rings. The van der Waals surface area contributed by atoms with E-state index in [2.05, 4.69) is 19.5 Å². The van der Waals surface area contributed by atoms with E-state index in [1.54, 1.807) is 34.3 Å². The van der Waals surface area contributed by atoms with Crippen LogP contribution in [0.3, 0.4) is 0 Å². The van der Waals surface area contributed by atoms with E-state index in [9.17, 15) is 16.8 Å². The molecule has 5 rings (SSSR count). The molecule has 0 aromatic heterocycles. The summed E-state index contributed by atoms with van der Waals surface area (Å²) in [6, 6.07) is 22.0. The molecule has 278 valence electrons. The molecule has 0 amide bonds. The van der Waals surface area contributed by atoms with Gasteiger partial charge in [-0.3, -0.25) is 0 Å². The van der Waals surface area contributed by atoms with Crippen LogP contribution in [0.5, 0.6) is 0 Å². The number of nitrogens with one attached hydrogen (secondary N) is 2. The van der Waals surface area contributed by atoms with Crippen molar-refractivity contribution in [1.29, 1.82) is 0 Å². The lowest BCUT2D eigenvalue weighted by Crippen LogP contribution is -2.47. The van der Waals surface area contributed by atoms with Gasteiger partial charge in [0, 0.05) is 113 Å². The number of anilines is 2. The minimum absolute atomic E-state index is 0.211. The summed E-state index contributed by atoms with van der Waals surface area (Å²) in [4.78, 5) is 14.3. The van der Waals surface area contributed by atoms with Crippen molar-refractivity contribution in [2.24, 2.45) is 0 Å². The molecule has 0 aliphatic carbocycles. The third-order valence-electron chi connectivity index (χ3n) is 9.14. The number of ether oxygens (including phenoxy) is 1. The highest BCUT2D eigenvalue weighted by Gasteiger charge is 2.24. The predicted molar refractivity (Wildman–Crippen MR) is 206 cm³/mol. The van der Waals surface area contributed by atoms with Crippen molar-refractivity contribution in [1.82, 2.24) is 29.5 Å². The molecule has 4 aromatic carbocycles. The number of rotatable bonds is 8. The van der Waals surface area contributed by atoms with Crippen molar-refractivity contribution >= 4 is 53.0 Å². The molecule has 0 unspecified atom stereocenters. The van der Waals surface area contributed by atoms with E-state index in [0.717, 1.165) is 35.2 Å². The number of fused-ring (bicyclic) bond motifs is 2. The fourth-order valence-corrected chi connectivity index (χ4v) is 8.91. The largest absolute Gasteiger partial charge is 0.379 e. The van der Waals surface area contributed by atoms with Gasteiger partial charge in [0.05, 0.1) is 23.0 Å². The highest BCUT2D eigenvalue weighted by molar-refractivity contribution is 7.90. The van der Waals surface area contributed by atoms with E-state index in [0.29, 0.717) is 50.0 Å². The van der Waals surface area contributed by atoms with Crippen LogP contribution >= 0.6 is 0 Å². The Hall–Kier alpha value is -3.38. The van der Waals surface area contributed by atoms with Crippen LogP contribution in [0.1, 0.15) is 0 Å². The molecule has 1 fully saturated rings. The summed E-state index contributed by atoms with van der Waals surface area (Å²) < 4.78 is 61.5. The van der Waals surface area contributed by atoms with Crippen molar-refractivity contribution in [3.05, 3.63) is 72.8 Å². The van der Waals surface area contributed by atoms with E-state index >= 15 is 0 Å². The summed E-state index contributed by atoms with van der Waals surface area (Å²) in [6.07, 6.45) is 0. The molecule has 0 spiro atoms. The van der Waals surface area contributed by atoms with Crippen molar-refractivity contribution in [2.75, 3.05) is 118 Å². The summed E-state index contributed by atoms with van der Waals surface area (Å²) in [7, 11) is 3.90. The number of likely N-dealkylation sites (N-methyl/N-ethyl adjacent to an activating group) is 2. The first-order chi connectivity index (χ1) is 24.3. The molecule has 51 heavy (non-hydrogen) atoms. The maximum Gasteiger partial charge on any atom is 0.254 e. The average molecular weight is 741 g/mol. The zero-order valence-corrected chi connectivity index (χ0v) is 32.2. The standard InChI is InChI=1S/C36H52N8O5S2/c1-39(2)33-15-7-13-31-29(33)11-9-17-35(31)50(45,46)37-43-23-21-41(5)19-20-42(6)22-24-44(26-28-49-27-25-43)38-51(47,48)36-18-10-12-30-32(36)14-8-16-34(30)40(3)4/h7-18,37-38H,19-28H2,1-6H3. The second-order valence-electron chi connectivity index (χ2n) is 13.4. The van der Waals surface area contributed by atoms with Crippen LogP contribution < -0.4 is 19.5 Å². The van der Waals surface area contributed by atoms with E-state index in [4.69, 9.17) is 4.74 Å². The second kappa shape index (κ2) is 17.0. The fraction of sp³-hybridized carbons (Fsp3) is 0.444. The number of sulfonamides is 2. The summed E-state index contributed by atoms with van der Waals surface area (Å²) in [5.41, 5.74) is 1.87. The molecular formula is C36H52N8O5S2. The zero-order chi connectivity index (χ0) is 36.8. The number of hydrazine groups is 2. The molecule has 0 saturated carbocycles. The van der Waals surface area contributed by atoms with Crippen LogP contribution in [0.25, 0.3) is 21.5 Å². The number of hydrogen-bond acceptors (Lipinski definition) is 11. The normalized spacial score (nSPS) is 17.7.